The van der Waals surface area contributed by atoms with Crippen LogP contribution in [0.5, 0.6) is 0 Å². The van der Waals surface area contributed by atoms with Crippen molar-refractivity contribution in [3.05, 3.63) is 34.2 Å². The highest BCUT2D eigenvalue weighted by Crippen LogP contribution is 2.25. The first-order valence-corrected chi connectivity index (χ1v) is 5.60. The fourth-order valence-electron chi connectivity index (χ4n) is 1.36. The Morgan fingerprint density at radius 2 is 1.75 bits per heavy atom. The third kappa shape index (κ3) is 1.91. The van der Waals surface area contributed by atoms with Crippen LogP contribution in [0, 0.1) is 11.6 Å². The maximum atomic E-state index is 13.1. The van der Waals surface area contributed by atoms with E-state index in [4.69, 9.17) is 0 Å². The van der Waals surface area contributed by atoms with Gasteiger partial charge in [-0.3, -0.25) is 0 Å². The van der Waals surface area contributed by atoms with Crippen molar-refractivity contribution < 1.29 is 8.78 Å². The van der Waals surface area contributed by atoms with Crippen LogP contribution in [0.4, 0.5) is 8.78 Å². The molecule has 0 aliphatic carbocycles. The molecule has 0 atom stereocenters. The second-order valence-corrected chi connectivity index (χ2v) is 4.56. The van der Waals surface area contributed by atoms with Gasteiger partial charge in [0.15, 0.2) is 11.6 Å². The van der Waals surface area contributed by atoms with Crippen molar-refractivity contribution in [2.24, 2.45) is 0 Å². The molecule has 16 heavy (non-hydrogen) atoms. The first-order chi connectivity index (χ1) is 7.49. The normalized spacial score (nSPS) is 11.4. The van der Waals surface area contributed by atoms with Gasteiger partial charge in [0.25, 0.3) is 0 Å². The average molecular weight is 287 g/mol. The highest BCUT2D eigenvalue weighted by Gasteiger charge is 2.12. The molecule has 0 aliphatic rings. The van der Waals surface area contributed by atoms with Gasteiger partial charge in [-0.1, -0.05) is 13.8 Å². The smallest absolute Gasteiger partial charge is 0.161 e. The van der Waals surface area contributed by atoms with Crippen LogP contribution in [0.2, 0.25) is 0 Å². The highest BCUT2D eigenvalue weighted by molar-refractivity contribution is 9.10. The van der Waals surface area contributed by atoms with Crippen LogP contribution in [-0.2, 0) is 0 Å². The Morgan fingerprint density at radius 3 is 2.38 bits per heavy atom. The lowest BCUT2D eigenvalue weighted by molar-refractivity contribution is 0.510. The van der Waals surface area contributed by atoms with Crippen LogP contribution >= 0.6 is 15.9 Å². The Kier molecular flexibility index (Phi) is 2.88. The van der Waals surface area contributed by atoms with E-state index >= 15 is 0 Å². The fraction of sp³-hybridized carbons (Fsp3) is 0.273. The van der Waals surface area contributed by atoms with Crippen molar-refractivity contribution in [2.75, 3.05) is 0 Å². The van der Waals surface area contributed by atoms with Crippen LogP contribution in [0.3, 0.4) is 0 Å². The van der Waals surface area contributed by atoms with Crippen molar-refractivity contribution in [3.8, 4) is 0 Å². The SMILES string of the molecule is CC(C)c1nc(Br)c2cc(F)c(F)cc2n1. The van der Waals surface area contributed by atoms with Crippen LogP contribution in [0.15, 0.2) is 16.7 Å². The molecule has 0 N–H and O–H groups in total. The largest absolute Gasteiger partial charge is 0.232 e. The summed E-state index contributed by atoms with van der Waals surface area (Å²) in [5, 5.41) is 0.475. The van der Waals surface area contributed by atoms with Crippen LogP contribution in [0.25, 0.3) is 10.9 Å². The lowest BCUT2D eigenvalue weighted by Crippen LogP contribution is -1.99. The average Bonchev–Trinajstić information content (AvgIpc) is 2.20. The summed E-state index contributed by atoms with van der Waals surface area (Å²) >= 11 is 3.23. The molecule has 2 nitrogen and oxygen atoms in total. The molecule has 1 aromatic heterocycles. The predicted octanol–water partition coefficient (Wildman–Crippen LogP) is 3.79. The second kappa shape index (κ2) is 4.05. The molecular formula is C11H9BrF2N2. The summed E-state index contributed by atoms with van der Waals surface area (Å²) in [5.74, 6) is -1.05. The molecule has 0 fully saturated rings. The molecule has 0 spiro atoms. The van der Waals surface area contributed by atoms with Gasteiger partial charge in [-0.2, -0.15) is 0 Å². The first kappa shape index (κ1) is 11.4. The van der Waals surface area contributed by atoms with Crippen LogP contribution in [-0.4, -0.2) is 9.97 Å². The number of fused-ring (bicyclic) bond motifs is 1. The molecule has 2 rings (SSSR count). The molecule has 0 unspecified atom stereocenters. The van der Waals surface area contributed by atoms with E-state index in [0.717, 1.165) is 12.1 Å². The molecule has 2 aromatic rings. The summed E-state index contributed by atoms with van der Waals surface area (Å²) in [5.41, 5.74) is 0.407. The third-order valence-electron chi connectivity index (χ3n) is 2.22. The van der Waals surface area contributed by atoms with Gasteiger partial charge in [0, 0.05) is 17.4 Å². The van der Waals surface area contributed by atoms with Crippen molar-refractivity contribution in [1.29, 1.82) is 0 Å². The van der Waals surface area contributed by atoms with E-state index in [1.807, 2.05) is 13.8 Å². The van der Waals surface area contributed by atoms with Crippen LogP contribution < -0.4 is 0 Å². The van der Waals surface area contributed by atoms with Gasteiger partial charge in [0.2, 0.25) is 0 Å². The number of halogens is 3. The van der Waals surface area contributed by atoms with Crippen molar-refractivity contribution >= 4 is 26.8 Å². The van der Waals surface area contributed by atoms with E-state index in [-0.39, 0.29) is 5.92 Å². The number of hydrogen-bond donors (Lipinski definition) is 0. The standard InChI is InChI=1S/C11H9BrF2N2/c1-5(2)11-15-9-4-8(14)7(13)3-6(9)10(12)16-11/h3-5H,1-2H3. The summed E-state index contributed by atoms with van der Waals surface area (Å²) < 4.78 is 26.6. The quantitative estimate of drug-likeness (QED) is 0.746. The minimum absolute atomic E-state index is 0.133. The summed E-state index contributed by atoms with van der Waals surface area (Å²) in [7, 11) is 0. The topological polar surface area (TPSA) is 25.8 Å². The highest BCUT2D eigenvalue weighted by atomic mass is 79.9. The lowest BCUT2D eigenvalue weighted by Gasteiger charge is -2.07. The number of hydrogen-bond acceptors (Lipinski definition) is 2. The predicted molar refractivity (Wildman–Crippen MR) is 61.2 cm³/mol. The zero-order valence-electron chi connectivity index (χ0n) is 8.76. The molecule has 0 bridgehead atoms. The van der Waals surface area contributed by atoms with E-state index in [9.17, 15) is 8.78 Å². The van der Waals surface area contributed by atoms with E-state index in [2.05, 4.69) is 25.9 Å². The maximum Gasteiger partial charge on any atom is 0.161 e. The molecule has 1 heterocycles. The summed E-state index contributed by atoms with van der Waals surface area (Å²) in [4.78, 5) is 8.38. The van der Waals surface area contributed by atoms with Crippen molar-refractivity contribution in [3.63, 3.8) is 0 Å². The summed E-state index contributed by atoms with van der Waals surface area (Å²) in [6.07, 6.45) is 0. The molecule has 0 radical (unpaired) electrons. The van der Waals surface area contributed by atoms with Gasteiger partial charge in [-0.25, -0.2) is 18.7 Å². The fourth-order valence-corrected chi connectivity index (χ4v) is 1.86. The Morgan fingerprint density at radius 1 is 1.12 bits per heavy atom. The number of rotatable bonds is 1. The molecule has 5 heteroatoms. The van der Waals surface area contributed by atoms with E-state index < -0.39 is 11.6 Å². The molecule has 0 aliphatic heterocycles. The molecule has 0 saturated carbocycles. The van der Waals surface area contributed by atoms with E-state index in [1.165, 1.54) is 0 Å². The Labute approximate surface area is 99.8 Å². The Balaban J connectivity index is 2.77. The van der Waals surface area contributed by atoms with Gasteiger partial charge in [-0.15, -0.1) is 0 Å². The number of nitrogens with zero attached hydrogens (tertiary/aromatic N) is 2. The van der Waals surface area contributed by atoms with Crippen LogP contribution in [0.1, 0.15) is 25.6 Å². The molecule has 84 valence electrons. The van der Waals surface area contributed by atoms with Crippen molar-refractivity contribution in [2.45, 2.75) is 19.8 Å². The van der Waals surface area contributed by atoms with Gasteiger partial charge in [0.1, 0.15) is 10.4 Å². The minimum atomic E-state index is -0.896. The molecule has 0 saturated heterocycles. The zero-order valence-corrected chi connectivity index (χ0v) is 10.3. The molecule has 1 aromatic carbocycles. The van der Waals surface area contributed by atoms with E-state index in [0.29, 0.717) is 21.3 Å². The number of benzene rings is 1. The monoisotopic (exact) mass is 286 g/mol. The summed E-state index contributed by atoms with van der Waals surface area (Å²) in [6, 6.07) is 2.18. The Bertz CT molecular complexity index is 555. The van der Waals surface area contributed by atoms with E-state index in [1.54, 1.807) is 0 Å². The second-order valence-electron chi connectivity index (χ2n) is 3.81. The summed E-state index contributed by atoms with van der Waals surface area (Å²) in [6.45, 7) is 3.88. The lowest BCUT2D eigenvalue weighted by atomic mass is 10.2. The maximum absolute atomic E-state index is 13.1. The third-order valence-corrected chi connectivity index (χ3v) is 2.83. The van der Waals surface area contributed by atoms with Gasteiger partial charge in [0.05, 0.1) is 5.52 Å². The van der Waals surface area contributed by atoms with Gasteiger partial charge < -0.3 is 0 Å². The van der Waals surface area contributed by atoms with Gasteiger partial charge in [-0.05, 0) is 22.0 Å². The zero-order chi connectivity index (χ0) is 11.9. The first-order valence-electron chi connectivity index (χ1n) is 4.81. The molecular weight excluding hydrogens is 278 g/mol. The minimum Gasteiger partial charge on any atom is -0.232 e. The van der Waals surface area contributed by atoms with Gasteiger partial charge >= 0.3 is 0 Å². The molecule has 0 amide bonds. The Hall–Kier alpha value is -1.10. The number of aromatic nitrogens is 2. The van der Waals surface area contributed by atoms with Crippen molar-refractivity contribution in [1.82, 2.24) is 9.97 Å².